The predicted octanol–water partition coefficient (Wildman–Crippen LogP) is 3.58. The molecule has 21 heavy (non-hydrogen) atoms. The van der Waals surface area contributed by atoms with E-state index < -0.39 is 0 Å². The first-order chi connectivity index (χ1) is 10.1. The average molecular weight is 296 g/mol. The van der Waals surface area contributed by atoms with Gasteiger partial charge in [0.05, 0.1) is 5.60 Å². The summed E-state index contributed by atoms with van der Waals surface area (Å²) in [5.74, 6) is 0. The van der Waals surface area contributed by atoms with Crippen LogP contribution in [-0.4, -0.2) is 49.3 Å². The third kappa shape index (κ3) is 5.54. The van der Waals surface area contributed by atoms with Crippen LogP contribution in [0.3, 0.4) is 0 Å². The molecular weight excluding hydrogens is 260 g/mol. The number of unbranched alkanes of at least 4 members (excludes halogenated alkanes) is 1. The molecule has 0 aromatic heterocycles. The zero-order valence-corrected chi connectivity index (χ0v) is 14.5. The van der Waals surface area contributed by atoms with Gasteiger partial charge in [-0.3, -0.25) is 0 Å². The lowest BCUT2D eigenvalue weighted by atomic mass is 9.78. The van der Waals surface area contributed by atoms with Gasteiger partial charge in [0.25, 0.3) is 0 Å². The minimum atomic E-state index is 0.242. The fourth-order valence-corrected chi connectivity index (χ4v) is 3.80. The van der Waals surface area contributed by atoms with Crippen LogP contribution in [-0.2, 0) is 4.74 Å². The van der Waals surface area contributed by atoms with Crippen LogP contribution in [0.15, 0.2) is 0 Å². The first kappa shape index (κ1) is 17.2. The standard InChI is InChI=1S/C18H36N2O/c1-16(2)20(3)13-8-7-12-19-17-9-14-21-18(15-17)10-5-4-6-11-18/h16-17,19H,4-15H2,1-3H3. The van der Waals surface area contributed by atoms with E-state index in [9.17, 15) is 0 Å². The topological polar surface area (TPSA) is 24.5 Å². The Hall–Kier alpha value is -0.120. The molecule has 0 amide bonds. The van der Waals surface area contributed by atoms with Gasteiger partial charge in [0.15, 0.2) is 0 Å². The molecule has 2 aliphatic rings. The maximum atomic E-state index is 6.18. The molecule has 3 nitrogen and oxygen atoms in total. The molecular formula is C18H36N2O. The highest BCUT2D eigenvalue weighted by atomic mass is 16.5. The Morgan fingerprint density at radius 1 is 1.19 bits per heavy atom. The van der Waals surface area contributed by atoms with Crippen molar-refractivity contribution in [3.05, 3.63) is 0 Å². The lowest BCUT2D eigenvalue weighted by Gasteiger charge is -2.43. The summed E-state index contributed by atoms with van der Waals surface area (Å²) >= 11 is 0. The maximum Gasteiger partial charge on any atom is 0.0697 e. The van der Waals surface area contributed by atoms with E-state index in [1.165, 1.54) is 70.9 Å². The minimum Gasteiger partial charge on any atom is -0.375 e. The molecule has 3 heteroatoms. The zero-order chi connectivity index (χ0) is 15.1. The summed E-state index contributed by atoms with van der Waals surface area (Å²) in [4.78, 5) is 2.44. The van der Waals surface area contributed by atoms with E-state index in [-0.39, 0.29) is 5.60 Å². The Labute approximate surface area is 131 Å². The molecule has 1 unspecified atom stereocenters. The van der Waals surface area contributed by atoms with Crippen molar-refractivity contribution < 1.29 is 4.74 Å². The van der Waals surface area contributed by atoms with Gasteiger partial charge in [0.1, 0.15) is 0 Å². The number of ether oxygens (including phenoxy) is 1. The second-order valence-corrected chi connectivity index (χ2v) is 7.52. The van der Waals surface area contributed by atoms with Crippen molar-refractivity contribution >= 4 is 0 Å². The Kier molecular flexibility index (Phi) is 6.97. The molecule has 1 aliphatic carbocycles. The lowest BCUT2D eigenvalue weighted by Crippen LogP contribution is -2.48. The number of hydrogen-bond acceptors (Lipinski definition) is 3. The van der Waals surface area contributed by atoms with Gasteiger partial charge in [0, 0.05) is 18.7 Å². The van der Waals surface area contributed by atoms with Crippen LogP contribution < -0.4 is 5.32 Å². The lowest BCUT2D eigenvalue weighted by molar-refractivity contribution is -0.109. The zero-order valence-electron chi connectivity index (χ0n) is 14.5. The van der Waals surface area contributed by atoms with Crippen LogP contribution in [0.2, 0.25) is 0 Å². The van der Waals surface area contributed by atoms with Crippen LogP contribution in [0.1, 0.15) is 71.6 Å². The average Bonchev–Trinajstić information content (AvgIpc) is 2.47. The SMILES string of the molecule is CC(C)N(C)CCCCNC1CCOC2(CCCCC2)C1. The molecule has 0 aromatic rings. The van der Waals surface area contributed by atoms with Gasteiger partial charge >= 0.3 is 0 Å². The largest absolute Gasteiger partial charge is 0.375 e. The van der Waals surface area contributed by atoms with Crippen molar-refractivity contribution in [1.82, 2.24) is 10.2 Å². The number of nitrogens with zero attached hydrogens (tertiary/aromatic N) is 1. The molecule has 0 aromatic carbocycles. The van der Waals surface area contributed by atoms with Crippen molar-refractivity contribution in [2.24, 2.45) is 0 Å². The van der Waals surface area contributed by atoms with Gasteiger partial charge in [-0.05, 0) is 72.5 Å². The van der Waals surface area contributed by atoms with Crippen molar-refractivity contribution in [2.75, 3.05) is 26.7 Å². The highest BCUT2D eigenvalue weighted by Gasteiger charge is 2.38. The maximum absolute atomic E-state index is 6.18. The smallest absolute Gasteiger partial charge is 0.0697 e. The van der Waals surface area contributed by atoms with Crippen LogP contribution in [0.5, 0.6) is 0 Å². The van der Waals surface area contributed by atoms with Crippen molar-refractivity contribution in [1.29, 1.82) is 0 Å². The highest BCUT2D eigenvalue weighted by Crippen LogP contribution is 2.38. The van der Waals surface area contributed by atoms with Gasteiger partial charge in [-0.2, -0.15) is 0 Å². The van der Waals surface area contributed by atoms with Crippen LogP contribution in [0.25, 0.3) is 0 Å². The Balaban J connectivity index is 1.60. The van der Waals surface area contributed by atoms with Gasteiger partial charge in [-0.15, -0.1) is 0 Å². The van der Waals surface area contributed by atoms with Crippen molar-refractivity contribution in [3.8, 4) is 0 Å². The van der Waals surface area contributed by atoms with E-state index in [0.29, 0.717) is 12.1 Å². The fourth-order valence-electron chi connectivity index (χ4n) is 3.80. The quantitative estimate of drug-likeness (QED) is 0.727. The number of rotatable bonds is 7. The molecule has 124 valence electrons. The second kappa shape index (κ2) is 8.50. The van der Waals surface area contributed by atoms with Crippen molar-refractivity contribution in [2.45, 2.75) is 89.3 Å². The van der Waals surface area contributed by atoms with Gasteiger partial charge in [-0.25, -0.2) is 0 Å². The van der Waals surface area contributed by atoms with Crippen molar-refractivity contribution in [3.63, 3.8) is 0 Å². The van der Waals surface area contributed by atoms with E-state index in [1.807, 2.05) is 0 Å². The molecule has 1 aliphatic heterocycles. The molecule has 1 saturated heterocycles. The molecule has 0 bridgehead atoms. The number of nitrogens with one attached hydrogen (secondary N) is 1. The minimum absolute atomic E-state index is 0.242. The molecule has 1 atom stereocenters. The molecule has 1 spiro atoms. The van der Waals surface area contributed by atoms with Gasteiger partial charge < -0.3 is 15.0 Å². The normalized spacial score (nSPS) is 25.9. The summed E-state index contributed by atoms with van der Waals surface area (Å²) in [7, 11) is 2.23. The van der Waals surface area contributed by atoms with E-state index in [2.05, 4.69) is 31.1 Å². The molecule has 1 heterocycles. The predicted molar refractivity (Wildman–Crippen MR) is 89.8 cm³/mol. The molecule has 1 saturated carbocycles. The summed E-state index contributed by atoms with van der Waals surface area (Å²) in [6.07, 6.45) is 11.8. The van der Waals surface area contributed by atoms with Gasteiger partial charge in [0.2, 0.25) is 0 Å². The summed E-state index contributed by atoms with van der Waals surface area (Å²) in [6, 6.07) is 1.36. The van der Waals surface area contributed by atoms with Crippen LogP contribution in [0, 0.1) is 0 Å². The Morgan fingerprint density at radius 3 is 2.67 bits per heavy atom. The van der Waals surface area contributed by atoms with Crippen LogP contribution in [0.4, 0.5) is 0 Å². The summed E-state index contributed by atoms with van der Waals surface area (Å²) < 4.78 is 6.18. The molecule has 2 fully saturated rings. The van der Waals surface area contributed by atoms with Gasteiger partial charge in [-0.1, -0.05) is 19.3 Å². The fraction of sp³-hybridized carbons (Fsp3) is 1.00. The van der Waals surface area contributed by atoms with E-state index >= 15 is 0 Å². The van der Waals surface area contributed by atoms with E-state index in [0.717, 1.165) is 6.61 Å². The Bertz CT molecular complexity index is 281. The third-order valence-corrected chi connectivity index (χ3v) is 5.51. The highest BCUT2D eigenvalue weighted by molar-refractivity contribution is 4.91. The van der Waals surface area contributed by atoms with E-state index in [1.54, 1.807) is 0 Å². The Morgan fingerprint density at radius 2 is 1.95 bits per heavy atom. The third-order valence-electron chi connectivity index (χ3n) is 5.51. The second-order valence-electron chi connectivity index (χ2n) is 7.52. The monoisotopic (exact) mass is 296 g/mol. The molecule has 0 radical (unpaired) electrons. The molecule has 1 N–H and O–H groups in total. The van der Waals surface area contributed by atoms with Crippen LogP contribution >= 0.6 is 0 Å². The first-order valence-corrected chi connectivity index (χ1v) is 9.19. The summed E-state index contributed by atoms with van der Waals surface area (Å²) in [6.45, 7) is 7.89. The summed E-state index contributed by atoms with van der Waals surface area (Å²) in [5, 5.41) is 3.80. The molecule has 2 rings (SSSR count). The van der Waals surface area contributed by atoms with E-state index in [4.69, 9.17) is 4.74 Å². The summed E-state index contributed by atoms with van der Waals surface area (Å²) in [5.41, 5.74) is 0.242. The first-order valence-electron chi connectivity index (χ1n) is 9.19. The number of hydrogen-bond donors (Lipinski definition) is 1.